The molecule has 4 aliphatic rings. The van der Waals surface area contributed by atoms with Crippen LogP contribution < -0.4 is 10.3 Å². The average Bonchev–Trinajstić information content (AvgIpc) is 2.68. The number of rotatable bonds is 4. The van der Waals surface area contributed by atoms with Gasteiger partial charge in [0.25, 0.3) is 5.69 Å². The molecule has 4 aliphatic heterocycles. The maximum absolute atomic E-state index is 11.5. The zero-order valence-corrected chi connectivity index (χ0v) is 14.5. The van der Waals surface area contributed by atoms with Crippen molar-refractivity contribution in [3.63, 3.8) is 0 Å². The zero-order chi connectivity index (χ0) is 17.2. The number of anilines is 2. The van der Waals surface area contributed by atoms with E-state index in [1.54, 1.807) is 12.1 Å². The molecule has 0 saturated carbocycles. The molecule has 7 heteroatoms. The molecular formula is C18H25N5O2. The third-order valence-corrected chi connectivity index (χ3v) is 5.66. The zero-order valence-electron chi connectivity index (χ0n) is 14.5. The summed E-state index contributed by atoms with van der Waals surface area (Å²) in [6.07, 6.45) is 5.85. The number of nitrogens with one attached hydrogen (secondary N) is 1. The Hall–Kier alpha value is -2.15. The standard InChI is InChI=1S/C18H25N5O2/c24-23(25)18-12-15(22-8-2-1-3-9-22)4-5-16(18)19-20-17-13-21-10-6-14(17)7-11-21/h4-5,12,14,19H,1-3,6-11,13H2/b20-17+. The first-order valence-electron chi connectivity index (χ1n) is 9.29. The van der Waals surface area contributed by atoms with Crippen molar-refractivity contribution in [3.05, 3.63) is 28.3 Å². The predicted octanol–water partition coefficient (Wildman–Crippen LogP) is 3.08. The number of piperidine rings is 4. The molecule has 134 valence electrons. The maximum atomic E-state index is 11.5. The second-order valence-corrected chi connectivity index (χ2v) is 7.27. The topological polar surface area (TPSA) is 74.0 Å². The Balaban J connectivity index is 1.53. The van der Waals surface area contributed by atoms with Crippen molar-refractivity contribution >= 4 is 22.8 Å². The van der Waals surface area contributed by atoms with Gasteiger partial charge in [-0.3, -0.25) is 20.4 Å². The molecule has 0 radical (unpaired) electrons. The first-order valence-corrected chi connectivity index (χ1v) is 9.29. The summed E-state index contributed by atoms with van der Waals surface area (Å²) in [7, 11) is 0. The molecule has 0 spiro atoms. The summed E-state index contributed by atoms with van der Waals surface area (Å²) in [5.41, 5.74) is 5.64. The maximum Gasteiger partial charge on any atom is 0.296 e. The fourth-order valence-corrected chi connectivity index (χ4v) is 4.16. The van der Waals surface area contributed by atoms with Crippen LogP contribution in [-0.4, -0.2) is 48.3 Å². The minimum Gasteiger partial charge on any atom is -0.371 e. The van der Waals surface area contributed by atoms with Crippen molar-refractivity contribution in [1.82, 2.24) is 4.90 Å². The van der Waals surface area contributed by atoms with E-state index in [0.29, 0.717) is 11.6 Å². The quantitative estimate of drug-likeness (QED) is 0.672. The van der Waals surface area contributed by atoms with Gasteiger partial charge in [-0.1, -0.05) is 0 Å². The Labute approximate surface area is 147 Å². The van der Waals surface area contributed by atoms with E-state index in [2.05, 4.69) is 20.3 Å². The van der Waals surface area contributed by atoms with Gasteiger partial charge in [0, 0.05) is 37.3 Å². The summed E-state index contributed by atoms with van der Waals surface area (Å²) >= 11 is 0. The molecule has 4 fully saturated rings. The Morgan fingerprint density at radius 1 is 1.12 bits per heavy atom. The van der Waals surface area contributed by atoms with Crippen LogP contribution in [0.1, 0.15) is 32.1 Å². The average molecular weight is 343 g/mol. The van der Waals surface area contributed by atoms with E-state index >= 15 is 0 Å². The van der Waals surface area contributed by atoms with E-state index in [0.717, 1.165) is 69.8 Å². The molecule has 0 amide bonds. The van der Waals surface area contributed by atoms with Gasteiger partial charge >= 0.3 is 0 Å². The number of benzene rings is 1. The second-order valence-electron chi connectivity index (χ2n) is 7.27. The molecular weight excluding hydrogens is 318 g/mol. The minimum atomic E-state index is -0.313. The molecule has 5 rings (SSSR count). The smallest absolute Gasteiger partial charge is 0.296 e. The van der Waals surface area contributed by atoms with E-state index < -0.39 is 0 Å². The van der Waals surface area contributed by atoms with Gasteiger partial charge in [-0.15, -0.1) is 0 Å². The van der Waals surface area contributed by atoms with Crippen LogP contribution in [0.3, 0.4) is 0 Å². The SMILES string of the molecule is O=[N+]([O-])c1cc(N2CCCCC2)ccc1N/N=C1\CN2CCC1CC2. The lowest BCUT2D eigenvalue weighted by Gasteiger charge is -2.39. The predicted molar refractivity (Wildman–Crippen MR) is 99.4 cm³/mol. The molecule has 2 bridgehead atoms. The number of nitro benzene ring substituents is 1. The Morgan fingerprint density at radius 2 is 1.88 bits per heavy atom. The van der Waals surface area contributed by atoms with Gasteiger partial charge in [-0.05, 0) is 57.3 Å². The summed E-state index contributed by atoms with van der Waals surface area (Å²) in [6.45, 7) is 5.13. The Kier molecular flexibility index (Phi) is 4.57. The van der Waals surface area contributed by atoms with Gasteiger partial charge in [0.15, 0.2) is 0 Å². The minimum absolute atomic E-state index is 0.105. The van der Waals surface area contributed by atoms with E-state index in [1.165, 1.54) is 6.42 Å². The molecule has 7 nitrogen and oxygen atoms in total. The lowest BCUT2D eigenvalue weighted by atomic mass is 9.87. The third kappa shape index (κ3) is 3.46. The summed E-state index contributed by atoms with van der Waals surface area (Å²) < 4.78 is 0. The van der Waals surface area contributed by atoms with Crippen molar-refractivity contribution in [2.45, 2.75) is 32.1 Å². The number of nitrogens with zero attached hydrogens (tertiary/aromatic N) is 4. The van der Waals surface area contributed by atoms with Crippen molar-refractivity contribution < 1.29 is 4.92 Å². The highest BCUT2D eigenvalue weighted by molar-refractivity contribution is 5.90. The van der Waals surface area contributed by atoms with Gasteiger partial charge in [0.05, 0.1) is 10.6 Å². The molecule has 0 unspecified atom stereocenters. The van der Waals surface area contributed by atoms with Crippen molar-refractivity contribution in [2.75, 3.05) is 43.0 Å². The molecule has 1 aromatic rings. The molecule has 1 aromatic carbocycles. The lowest BCUT2D eigenvalue weighted by molar-refractivity contribution is -0.383. The normalized spacial score (nSPS) is 27.5. The monoisotopic (exact) mass is 343 g/mol. The van der Waals surface area contributed by atoms with E-state index in [4.69, 9.17) is 0 Å². The second kappa shape index (κ2) is 7.00. The largest absolute Gasteiger partial charge is 0.371 e. The van der Waals surface area contributed by atoms with Crippen molar-refractivity contribution in [3.8, 4) is 0 Å². The molecule has 1 N–H and O–H groups in total. The molecule has 4 saturated heterocycles. The van der Waals surface area contributed by atoms with Crippen molar-refractivity contribution in [1.29, 1.82) is 0 Å². The highest BCUT2D eigenvalue weighted by Gasteiger charge is 2.31. The number of hydrogen-bond acceptors (Lipinski definition) is 6. The van der Waals surface area contributed by atoms with Crippen LogP contribution in [0.25, 0.3) is 0 Å². The van der Waals surface area contributed by atoms with Gasteiger partial charge in [-0.2, -0.15) is 5.10 Å². The Bertz CT molecular complexity index is 676. The first-order chi connectivity index (χ1) is 12.2. The fraction of sp³-hybridized carbons (Fsp3) is 0.611. The Morgan fingerprint density at radius 3 is 2.52 bits per heavy atom. The van der Waals surface area contributed by atoms with Crippen LogP contribution in [0.2, 0.25) is 0 Å². The van der Waals surface area contributed by atoms with E-state index in [9.17, 15) is 10.1 Å². The third-order valence-electron chi connectivity index (χ3n) is 5.66. The molecule has 4 heterocycles. The molecule has 0 atom stereocenters. The summed E-state index contributed by atoms with van der Waals surface area (Å²) in [5, 5.41) is 16.1. The van der Waals surface area contributed by atoms with Crippen LogP contribution in [0.15, 0.2) is 23.3 Å². The summed E-state index contributed by atoms with van der Waals surface area (Å²) in [4.78, 5) is 15.8. The van der Waals surface area contributed by atoms with Crippen LogP contribution in [0.4, 0.5) is 17.1 Å². The molecule has 0 aromatic heterocycles. The van der Waals surface area contributed by atoms with Gasteiger partial charge in [0.1, 0.15) is 5.69 Å². The van der Waals surface area contributed by atoms with Crippen LogP contribution in [0, 0.1) is 16.0 Å². The van der Waals surface area contributed by atoms with Crippen molar-refractivity contribution in [2.24, 2.45) is 11.0 Å². The highest BCUT2D eigenvalue weighted by Crippen LogP contribution is 2.32. The van der Waals surface area contributed by atoms with Crippen LogP contribution >= 0.6 is 0 Å². The highest BCUT2D eigenvalue weighted by atomic mass is 16.6. The fourth-order valence-electron chi connectivity index (χ4n) is 4.16. The first kappa shape index (κ1) is 16.3. The van der Waals surface area contributed by atoms with Gasteiger partial charge < -0.3 is 4.90 Å². The van der Waals surface area contributed by atoms with Crippen LogP contribution in [-0.2, 0) is 0 Å². The summed E-state index contributed by atoms with van der Waals surface area (Å²) in [6, 6.07) is 5.45. The number of hydrazone groups is 1. The van der Waals surface area contributed by atoms with Crippen LogP contribution in [0.5, 0.6) is 0 Å². The molecule has 0 aliphatic carbocycles. The number of nitro groups is 1. The van der Waals surface area contributed by atoms with Gasteiger partial charge in [0.2, 0.25) is 0 Å². The lowest BCUT2D eigenvalue weighted by Crippen LogP contribution is -2.48. The number of hydrogen-bond donors (Lipinski definition) is 1. The van der Waals surface area contributed by atoms with Gasteiger partial charge in [-0.25, -0.2) is 0 Å². The summed E-state index contributed by atoms with van der Waals surface area (Å²) in [5.74, 6) is 0.532. The molecule has 25 heavy (non-hydrogen) atoms. The number of fused-ring (bicyclic) bond motifs is 3. The van der Waals surface area contributed by atoms with E-state index in [1.807, 2.05) is 6.07 Å². The van der Waals surface area contributed by atoms with E-state index in [-0.39, 0.29) is 10.6 Å².